The molecule has 0 bridgehead atoms. The summed E-state index contributed by atoms with van der Waals surface area (Å²) >= 11 is 5.51. The molecule has 0 aliphatic heterocycles. The first-order valence-electron chi connectivity index (χ1n) is 4.16. The number of hydrogen-bond acceptors (Lipinski definition) is 1. The Hall–Kier alpha value is -1.16. The van der Waals surface area contributed by atoms with Crippen LogP contribution in [-0.2, 0) is 6.18 Å². The average molecular weight is 236 g/mol. The minimum Gasteiger partial charge on any atom is -0.381 e. The van der Waals surface area contributed by atoms with E-state index in [1.54, 1.807) is 0 Å². The van der Waals surface area contributed by atoms with Crippen LogP contribution in [0.5, 0.6) is 0 Å². The van der Waals surface area contributed by atoms with Gasteiger partial charge in [0.05, 0.1) is 5.56 Å². The van der Waals surface area contributed by atoms with Crippen LogP contribution in [0.25, 0.3) is 0 Å². The Morgan fingerprint density at radius 2 is 2.07 bits per heavy atom. The van der Waals surface area contributed by atoms with Crippen LogP contribution in [0.15, 0.2) is 30.9 Å². The predicted octanol–water partition coefficient (Wildman–Crippen LogP) is 3.96. The lowest BCUT2D eigenvalue weighted by Crippen LogP contribution is -2.10. The third-order valence-electron chi connectivity index (χ3n) is 1.72. The molecule has 1 N–H and O–H groups in total. The van der Waals surface area contributed by atoms with Crippen LogP contribution in [0, 0.1) is 0 Å². The van der Waals surface area contributed by atoms with Crippen molar-refractivity contribution < 1.29 is 13.2 Å². The SMILES string of the molecule is C=CCNc1ccc(Cl)cc1C(F)(F)F. The minimum atomic E-state index is -4.41. The second kappa shape index (κ2) is 4.57. The van der Waals surface area contributed by atoms with Crippen molar-refractivity contribution in [2.45, 2.75) is 6.18 Å². The number of hydrogen-bond donors (Lipinski definition) is 1. The van der Waals surface area contributed by atoms with Gasteiger partial charge in [0.2, 0.25) is 0 Å². The molecule has 15 heavy (non-hydrogen) atoms. The highest BCUT2D eigenvalue weighted by Crippen LogP contribution is 2.36. The van der Waals surface area contributed by atoms with Gasteiger partial charge < -0.3 is 5.32 Å². The highest BCUT2D eigenvalue weighted by Gasteiger charge is 2.33. The first kappa shape index (κ1) is 11.9. The smallest absolute Gasteiger partial charge is 0.381 e. The zero-order valence-corrected chi connectivity index (χ0v) is 8.49. The van der Waals surface area contributed by atoms with Crippen molar-refractivity contribution in [3.8, 4) is 0 Å². The van der Waals surface area contributed by atoms with E-state index in [-0.39, 0.29) is 17.3 Å². The fourth-order valence-electron chi connectivity index (χ4n) is 1.09. The molecule has 1 nitrogen and oxygen atoms in total. The molecular weight excluding hydrogens is 227 g/mol. The van der Waals surface area contributed by atoms with Gasteiger partial charge in [-0.25, -0.2) is 0 Å². The second-order valence-corrected chi connectivity index (χ2v) is 3.29. The molecule has 0 heterocycles. The maximum absolute atomic E-state index is 12.5. The summed E-state index contributed by atoms with van der Waals surface area (Å²) in [6.45, 7) is 3.68. The van der Waals surface area contributed by atoms with Crippen LogP contribution in [0.4, 0.5) is 18.9 Å². The summed E-state index contributed by atoms with van der Waals surface area (Å²) < 4.78 is 37.6. The second-order valence-electron chi connectivity index (χ2n) is 2.86. The Balaban J connectivity index is 3.09. The molecule has 0 aliphatic carbocycles. The molecule has 0 saturated carbocycles. The maximum Gasteiger partial charge on any atom is 0.418 e. The van der Waals surface area contributed by atoms with E-state index in [2.05, 4.69) is 11.9 Å². The van der Waals surface area contributed by atoms with E-state index in [1.807, 2.05) is 0 Å². The van der Waals surface area contributed by atoms with Crippen molar-refractivity contribution in [1.29, 1.82) is 0 Å². The Labute approximate surface area is 90.6 Å². The van der Waals surface area contributed by atoms with Gasteiger partial charge in [-0.3, -0.25) is 0 Å². The molecule has 5 heteroatoms. The molecule has 0 aliphatic rings. The minimum absolute atomic E-state index is 0.00630. The molecular formula is C10H9ClF3N. The van der Waals surface area contributed by atoms with Gasteiger partial charge in [0.1, 0.15) is 0 Å². The third-order valence-corrected chi connectivity index (χ3v) is 1.96. The summed E-state index contributed by atoms with van der Waals surface area (Å²) in [4.78, 5) is 0. The highest BCUT2D eigenvalue weighted by molar-refractivity contribution is 6.30. The van der Waals surface area contributed by atoms with Gasteiger partial charge in [0.25, 0.3) is 0 Å². The van der Waals surface area contributed by atoms with Crippen molar-refractivity contribution in [1.82, 2.24) is 0 Å². The van der Waals surface area contributed by atoms with E-state index in [0.29, 0.717) is 0 Å². The number of anilines is 1. The van der Waals surface area contributed by atoms with Gasteiger partial charge >= 0.3 is 6.18 Å². The molecule has 1 aromatic rings. The number of halogens is 4. The fraction of sp³-hybridized carbons (Fsp3) is 0.200. The Morgan fingerprint density at radius 3 is 2.60 bits per heavy atom. The lowest BCUT2D eigenvalue weighted by Gasteiger charge is -2.13. The third kappa shape index (κ3) is 3.16. The van der Waals surface area contributed by atoms with Gasteiger partial charge in [0.15, 0.2) is 0 Å². The summed E-state index contributed by atoms with van der Waals surface area (Å²) in [6.07, 6.45) is -2.93. The zero-order valence-electron chi connectivity index (χ0n) is 7.74. The van der Waals surface area contributed by atoms with Crippen LogP contribution >= 0.6 is 11.6 Å². The lowest BCUT2D eigenvalue weighted by atomic mass is 10.1. The van der Waals surface area contributed by atoms with Crippen molar-refractivity contribution in [3.05, 3.63) is 41.4 Å². The van der Waals surface area contributed by atoms with E-state index >= 15 is 0 Å². The van der Waals surface area contributed by atoms with Gasteiger partial charge in [-0.2, -0.15) is 13.2 Å². The topological polar surface area (TPSA) is 12.0 Å². The molecule has 0 fully saturated rings. The Bertz CT molecular complexity index is 360. The molecule has 1 aromatic carbocycles. The normalized spacial score (nSPS) is 11.2. The zero-order chi connectivity index (χ0) is 11.5. The molecule has 0 spiro atoms. The maximum atomic E-state index is 12.5. The fourth-order valence-corrected chi connectivity index (χ4v) is 1.26. The van der Waals surface area contributed by atoms with Crippen molar-refractivity contribution in [3.63, 3.8) is 0 Å². The lowest BCUT2D eigenvalue weighted by molar-refractivity contribution is -0.136. The van der Waals surface area contributed by atoms with Crippen LogP contribution in [0.2, 0.25) is 5.02 Å². The quantitative estimate of drug-likeness (QED) is 0.782. The summed E-state index contributed by atoms with van der Waals surface area (Å²) in [7, 11) is 0. The average Bonchev–Trinajstić information content (AvgIpc) is 2.14. The molecule has 0 amide bonds. The molecule has 0 radical (unpaired) electrons. The van der Waals surface area contributed by atoms with Crippen molar-refractivity contribution >= 4 is 17.3 Å². The molecule has 0 atom stereocenters. The van der Waals surface area contributed by atoms with E-state index in [9.17, 15) is 13.2 Å². The monoisotopic (exact) mass is 235 g/mol. The van der Waals surface area contributed by atoms with E-state index in [4.69, 9.17) is 11.6 Å². The van der Waals surface area contributed by atoms with E-state index in [0.717, 1.165) is 6.07 Å². The summed E-state index contributed by atoms with van der Waals surface area (Å²) in [5.41, 5.74) is -0.761. The molecule has 1 rings (SSSR count). The van der Waals surface area contributed by atoms with Gasteiger partial charge in [-0.15, -0.1) is 6.58 Å². The van der Waals surface area contributed by atoms with Gasteiger partial charge in [0, 0.05) is 17.3 Å². The van der Waals surface area contributed by atoms with Crippen LogP contribution < -0.4 is 5.32 Å². The molecule has 0 saturated heterocycles. The van der Waals surface area contributed by atoms with Crippen molar-refractivity contribution in [2.24, 2.45) is 0 Å². The molecule has 82 valence electrons. The van der Waals surface area contributed by atoms with Crippen molar-refractivity contribution in [2.75, 3.05) is 11.9 Å². The number of benzene rings is 1. The Morgan fingerprint density at radius 1 is 1.40 bits per heavy atom. The standard InChI is InChI=1S/C10H9ClF3N/c1-2-5-15-9-4-3-7(11)6-8(9)10(12,13)14/h2-4,6,15H,1,5H2. The van der Waals surface area contributed by atoms with Gasteiger partial charge in [-0.1, -0.05) is 17.7 Å². The predicted molar refractivity (Wildman–Crippen MR) is 55.1 cm³/mol. The van der Waals surface area contributed by atoms with E-state index in [1.165, 1.54) is 18.2 Å². The van der Waals surface area contributed by atoms with Gasteiger partial charge in [-0.05, 0) is 18.2 Å². The number of rotatable bonds is 3. The van der Waals surface area contributed by atoms with Crippen LogP contribution in [0.1, 0.15) is 5.56 Å². The summed E-state index contributed by atoms with van der Waals surface area (Å²) in [5, 5.41) is 2.66. The van der Waals surface area contributed by atoms with E-state index < -0.39 is 11.7 Å². The number of nitrogens with one attached hydrogen (secondary N) is 1. The first-order valence-corrected chi connectivity index (χ1v) is 4.54. The number of alkyl halides is 3. The first-order chi connectivity index (χ1) is 6.95. The largest absolute Gasteiger partial charge is 0.418 e. The molecule has 0 aromatic heterocycles. The summed E-state index contributed by atoms with van der Waals surface area (Å²) in [6, 6.07) is 3.60. The Kier molecular flexibility index (Phi) is 3.63. The molecule has 0 unspecified atom stereocenters. The van der Waals surface area contributed by atoms with Crippen LogP contribution in [-0.4, -0.2) is 6.54 Å². The van der Waals surface area contributed by atoms with Crippen LogP contribution in [0.3, 0.4) is 0 Å². The summed E-state index contributed by atoms with van der Waals surface area (Å²) in [5.74, 6) is 0. The highest BCUT2D eigenvalue weighted by atomic mass is 35.5.